The van der Waals surface area contributed by atoms with Crippen LogP contribution in [0.5, 0.6) is 11.6 Å². The van der Waals surface area contributed by atoms with Crippen molar-refractivity contribution in [2.75, 3.05) is 12.4 Å². The van der Waals surface area contributed by atoms with Gasteiger partial charge in [0.15, 0.2) is 5.75 Å². The van der Waals surface area contributed by atoms with Gasteiger partial charge in [-0.3, -0.25) is 5.32 Å². The molecule has 1 aromatic heterocycles. The fourth-order valence-corrected chi connectivity index (χ4v) is 2.42. The number of nitrogens with one attached hydrogen (secondary N) is 1. The maximum Gasteiger partial charge on any atom is 0.417 e. The zero-order valence-corrected chi connectivity index (χ0v) is 14.5. The molecular formula is C14H8Cl3F3N2O3. The van der Waals surface area contributed by atoms with Crippen LogP contribution in [-0.4, -0.2) is 18.2 Å². The summed E-state index contributed by atoms with van der Waals surface area (Å²) in [6, 6.07) is 3.27. The Hall–Kier alpha value is -1.90. The molecule has 11 heteroatoms. The van der Waals surface area contributed by atoms with E-state index < -0.39 is 17.8 Å². The van der Waals surface area contributed by atoms with Gasteiger partial charge in [-0.05, 0) is 18.2 Å². The van der Waals surface area contributed by atoms with Crippen molar-refractivity contribution < 1.29 is 27.4 Å². The number of ether oxygens (including phenoxy) is 2. The molecule has 0 spiro atoms. The third-order valence-corrected chi connectivity index (χ3v) is 3.60. The van der Waals surface area contributed by atoms with Gasteiger partial charge < -0.3 is 9.47 Å². The number of hydrogen-bond acceptors (Lipinski definition) is 4. The van der Waals surface area contributed by atoms with E-state index in [0.29, 0.717) is 12.3 Å². The fraction of sp³-hybridized carbons (Fsp3) is 0.143. The standard InChI is InChI=1S/C14H8Cl3F3N2O3/c1-24-13(23)22-7-3-8(15)11(9(16)4-7)25-12-10(17)2-6(5-21-12)14(18,19)20/h2-5H,1H3,(H,22,23). The molecule has 2 aromatic rings. The SMILES string of the molecule is COC(=O)Nc1cc(Cl)c(Oc2ncc(C(F)(F)F)cc2Cl)c(Cl)c1. The van der Waals surface area contributed by atoms with Gasteiger partial charge in [0.25, 0.3) is 0 Å². The Morgan fingerprint density at radius 3 is 2.20 bits per heavy atom. The normalized spacial score (nSPS) is 11.2. The number of rotatable bonds is 3. The Morgan fingerprint density at radius 1 is 1.12 bits per heavy atom. The molecule has 1 N–H and O–H groups in total. The highest BCUT2D eigenvalue weighted by Gasteiger charge is 2.32. The molecule has 0 aliphatic carbocycles. The van der Waals surface area contributed by atoms with Gasteiger partial charge in [0.1, 0.15) is 5.02 Å². The average Bonchev–Trinajstić information content (AvgIpc) is 2.51. The molecule has 5 nitrogen and oxygen atoms in total. The van der Waals surface area contributed by atoms with Crippen LogP contribution < -0.4 is 10.1 Å². The van der Waals surface area contributed by atoms with E-state index in [1.807, 2.05) is 0 Å². The van der Waals surface area contributed by atoms with Crippen molar-refractivity contribution in [3.63, 3.8) is 0 Å². The number of methoxy groups -OCH3 is 1. The van der Waals surface area contributed by atoms with E-state index in [0.717, 1.165) is 0 Å². The van der Waals surface area contributed by atoms with E-state index in [9.17, 15) is 18.0 Å². The number of amides is 1. The minimum atomic E-state index is -4.59. The number of pyridine rings is 1. The third kappa shape index (κ3) is 4.81. The Morgan fingerprint density at radius 2 is 1.72 bits per heavy atom. The predicted octanol–water partition coefficient (Wildman–Crippen LogP) is 6.03. The molecule has 0 unspecified atom stereocenters. The second kappa shape index (κ2) is 7.55. The summed E-state index contributed by atoms with van der Waals surface area (Å²) in [6.45, 7) is 0. The molecule has 0 bridgehead atoms. The van der Waals surface area contributed by atoms with Crippen LogP contribution in [0.2, 0.25) is 15.1 Å². The van der Waals surface area contributed by atoms with Crippen molar-refractivity contribution >= 4 is 46.6 Å². The first-order valence-corrected chi connectivity index (χ1v) is 7.50. The van der Waals surface area contributed by atoms with Crippen LogP contribution in [0.3, 0.4) is 0 Å². The molecule has 134 valence electrons. The molecule has 0 saturated carbocycles. The highest BCUT2D eigenvalue weighted by atomic mass is 35.5. The summed E-state index contributed by atoms with van der Waals surface area (Å²) in [7, 11) is 1.17. The highest BCUT2D eigenvalue weighted by molar-refractivity contribution is 6.38. The number of benzene rings is 1. The lowest BCUT2D eigenvalue weighted by atomic mass is 10.3. The van der Waals surface area contributed by atoms with Crippen LogP contribution in [0, 0.1) is 0 Å². The first kappa shape index (κ1) is 19.4. The van der Waals surface area contributed by atoms with Crippen LogP contribution in [0.25, 0.3) is 0 Å². The summed E-state index contributed by atoms with van der Waals surface area (Å²) in [5.74, 6) is -0.403. The van der Waals surface area contributed by atoms with Crippen LogP contribution in [-0.2, 0) is 10.9 Å². The number of anilines is 1. The molecule has 25 heavy (non-hydrogen) atoms. The van der Waals surface area contributed by atoms with Crippen molar-refractivity contribution in [2.45, 2.75) is 6.18 Å². The van der Waals surface area contributed by atoms with E-state index in [-0.39, 0.29) is 32.4 Å². The molecule has 0 aliphatic heterocycles. The topological polar surface area (TPSA) is 60.5 Å². The van der Waals surface area contributed by atoms with Crippen LogP contribution >= 0.6 is 34.8 Å². The summed E-state index contributed by atoms with van der Waals surface area (Å²) in [6.07, 6.45) is -4.77. The van der Waals surface area contributed by atoms with Gasteiger partial charge in [0.05, 0.1) is 22.7 Å². The first-order chi connectivity index (χ1) is 11.6. The Balaban J connectivity index is 2.30. The number of alkyl halides is 3. The molecule has 1 heterocycles. The molecule has 0 aliphatic rings. The van der Waals surface area contributed by atoms with E-state index in [4.69, 9.17) is 39.5 Å². The molecular weight excluding hydrogens is 408 g/mol. The maximum atomic E-state index is 12.6. The summed E-state index contributed by atoms with van der Waals surface area (Å²) in [4.78, 5) is 14.7. The van der Waals surface area contributed by atoms with E-state index in [1.165, 1.54) is 19.2 Å². The Bertz CT molecular complexity index is 793. The predicted molar refractivity (Wildman–Crippen MR) is 86.8 cm³/mol. The largest absolute Gasteiger partial charge is 0.453 e. The Kier molecular flexibility index (Phi) is 5.87. The lowest BCUT2D eigenvalue weighted by Crippen LogP contribution is -2.10. The molecule has 0 radical (unpaired) electrons. The lowest BCUT2D eigenvalue weighted by molar-refractivity contribution is -0.137. The van der Waals surface area contributed by atoms with Gasteiger partial charge in [-0.15, -0.1) is 0 Å². The minimum absolute atomic E-state index is 0.0309. The number of carbonyl (C=O) groups excluding carboxylic acids is 1. The monoisotopic (exact) mass is 414 g/mol. The van der Waals surface area contributed by atoms with Gasteiger partial charge in [-0.1, -0.05) is 34.8 Å². The molecule has 1 amide bonds. The van der Waals surface area contributed by atoms with Crippen molar-refractivity contribution in [3.05, 3.63) is 45.0 Å². The van der Waals surface area contributed by atoms with Gasteiger partial charge in [0.2, 0.25) is 5.88 Å². The van der Waals surface area contributed by atoms with E-state index in [2.05, 4.69) is 15.0 Å². The van der Waals surface area contributed by atoms with Crippen molar-refractivity contribution in [2.24, 2.45) is 0 Å². The highest BCUT2D eigenvalue weighted by Crippen LogP contribution is 2.41. The fourth-order valence-electron chi connectivity index (χ4n) is 1.65. The van der Waals surface area contributed by atoms with E-state index in [1.54, 1.807) is 0 Å². The summed E-state index contributed by atoms with van der Waals surface area (Å²) >= 11 is 17.8. The second-order valence-corrected chi connectivity index (χ2v) is 5.72. The average molecular weight is 416 g/mol. The summed E-state index contributed by atoms with van der Waals surface area (Å²) in [5.41, 5.74) is -0.805. The number of hydrogen-bond donors (Lipinski definition) is 1. The van der Waals surface area contributed by atoms with Gasteiger partial charge in [0, 0.05) is 11.9 Å². The molecule has 0 saturated heterocycles. The number of carbonyl (C=O) groups is 1. The first-order valence-electron chi connectivity index (χ1n) is 6.36. The Labute approximate surface area is 154 Å². The van der Waals surface area contributed by atoms with Crippen LogP contribution in [0.1, 0.15) is 5.56 Å². The smallest absolute Gasteiger partial charge is 0.417 e. The summed E-state index contributed by atoms with van der Waals surface area (Å²) in [5, 5.41) is 1.91. The lowest BCUT2D eigenvalue weighted by Gasteiger charge is -2.13. The van der Waals surface area contributed by atoms with E-state index >= 15 is 0 Å². The second-order valence-electron chi connectivity index (χ2n) is 4.50. The zero-order valence-electron chi connectivity index (χ0n) is 12.2. The van der Waals surface area contributed by atoms with Gasteiger partial charge in [-0.2, -0.15) is 13.2 Å². The number of aromatic nitrogens is 1. The molecule has 1 aromatic carbocycles. The minimum Gasteiger partial charge on any atom is -0.453 e. The van der Waals surface area contributed by atoms with Crippen molar-refractivity contribution in [1.82, 2.24) is 4.98 Å². The number of nitrogens with zero attached hydrogens (tertiary/aromatic N) is 1. The van der Waals surface area contributed by atoms with Crippen molar-refractivity contribution in [1.29, 1.82) is 0 Å². The van der Waals surface area contributed by atoms with Gasteiger partial charge in [-0.25, -0.2) is 9.78 Å². The third-order valence-electron chi connectivity index (χ3n) is 2.76. The quantitative estimate of drug-likeness (QED) is 0.665. The van der Waals surface area contributed by atoms with Crippen LogP contribution in [0.4, 0.5) is 23.7 Å². The maximum absolute atomic E-state index is 12.6. The number of halogens is 6. The van der Waals surface area contributed by atoms with Gasteiger partial charge >= 0.3 is 12.3 Å². The molecule has 2 rings (SSSR count). The van der Waals surface area contributed by atoms with Crippen molar-refractivity contribution in [3.8, 4) is 11.6 Å². The van der Waals surface area contributed by atoms with Crippen LogP contribution in [0.15, 0.2) is 24.4 Å². The molecule has 0 atom stereocenters. The summed E-state index contributed by atoms with van der Waals surface area (Å²) < 4.78 is 47.6. The molecule has 0 fully saturated rings. The zero-order chi connectivity index (χ0) is 18.8.